The molecule has 0 spiro atoms. The van der Waals surface area contributed by atoms with Crippen LogP contribution in [0.1, 0.15) is 30.9 Å². The van der Waals surface area contributed by atoms with E-state index in [2.05, 4.69) is 10.5 Å². The smallest absolute Gasteiger partial charge is 0.270 e. The van der Waals surface area contributed by atoms with Crippen molar-refractivity contribution in [2.45, 2.75) is 39.0 Å². The zero-order valence-electron chi connectivity index (χ0n) is 18.6. The van der Waals surface area contributed by atoms with Crippen LogP contribution in [0.25, 0.3) is 0 Å². The minimum Gasteiger partial charge on any atom is -0.494 e. The summed E-state index contributed by atoms with van der Waals surface area (Å²) in [6.07, 6.45) is 0.822. The normalized spacial score (nSPS) is 11.2. The van der Waals surface area contributed by atoms with Gasteiger partial charge in [0.05, 0.1) is 12.3 Å². The Morgan fingerprint density at radius 1 is 1.12 bits per heavy atom. The van der Waals surface area contributed by atoms with Crippen molar-refractivity contribution in [3.63, 3.8) is 0 Å². The number of aromatic nitrogens is 1. The Morgan fingerprint density at radius 3 is 2.44 bits per heavy atom. The third-order valence-corrected chi connectivity index (χ3v) is 6.88. The van der Waals surface area contributed by atoms with Crippen molar-refractivity contribution in [3.05, 3.63) is 65.5 Å². The van der Waals surface area contributed by atoms with Crippen molar-refractivity contribution in [1.29, 1.82) is 0 Å². The fourth-order valence-electron chi connectivity index (χ4n) is 3.34. The number of rotatable bonds is 9. The van der Waals surface area contributed by atoms with Gasteiger partial charge >= 0.3 is 0 Å². The third-order valence-electron chi connectivity index (χ3n) is 4.86. The van der Waals surface area contributed by atoms with Crippen LogP contribution in [0.4, 0.5) is 11.4 Å². The standard InChI is InChI=1S/C23H27N3O5S/c1-5-18-8-7-9-19(14-18)24-22(27)15-26(20-10-12-21(13-11-20)30-6-2)32(28,29)23-16(3)25-31-17(23)4/h7-14H,5-6,15H2,1-4H3,(H,24,27). The Hall–Kier alpha value is -3.33. The summed E-state index contributed by atoms with van der Waals surface area (Å²) in [4.78, 5) is 12.8. The summed E-state index contributed by atoms with van der Waals surface area (Å²) >= 11 is 0. The molecule has 0 fully saturated rings. The number of nitrogens with zero attached hydrogens (tertiary/aromatic N) is 2. The molecule has 0 aliphatic carbocycles. The molecule has 170 valence electrons. The summed E-state index contributed by atoms with van der Waals surface area (Å²) in [5.41, 5.74) is 2.23. The predicted molar refractivity (Wildman–Crippen MR) is 123 cm³/mol. The highest BCUT2D eigenvalue weighted by Gasteiger charge is 2.33. The van der Waals surface area contributed by atoms with E-state index in [0.29, 0.717) is 23.7 Å². The van der Waals surface area contributed by atoms with E-state index in [1.54, 1.807) is 37.3 Å². The number of carbonyl (C=O) groups excluding carboxylic acids is 1. The van der Waals surface area contributed by atoms with Gasteiger partial charge in [0.25, 0.3) is 10.0 Å². The number of anilines is 2. The third kappa shape index (κ3) is 5.11. The number of nitrogens with one attached hydrogen (secondary N) is 1. The highest BCUT2D eigenvalue weighted by molar-refractivity contribution is 7.93. The van der Waals surface area contributed by atoms with Crippen LogP contribution in [0.15, 0.2) is 57.9 Å². The molecule has 1 amide bonds. The van der Waals surface area contributed by atoms with Gasteiger partial charge in [0.1, 0.15) is 18.0 Å². The maximum Gasteiger partial charge on any atom is 0.270 e. The van der Waals surface area contributed by atoms with Crippen LogP contribution < -0.4 is 14.4 Å². The number of sulfonamides is 1. The van der Waals surface area contributed by atoms with Gasteiger partial charge in [-0.1, -0.05) is 24.2 Å². The molecule has 0 unspecified atom stereocenters. The predicted octanol–water partition coefficient (Wildman–Crippen LogP) is 4.09. The highest BCUT2D eigenvalue weighted by atomic mass is 32.2. The van der Waals surface area contributed by atoms with Crippen LogP contribution in [-0.4, -0.2) is 32.6 Å². The molecule has 0 saturated heterocycles. The van der Waals surface area contributed by atoms with E-state index in [1.165, 1.54) is 6.92 Å². The van der Waals surface area contributed by atoms with Gasteiger partial charge in [-0.2, -0.15) is 0 Å². The summed E-state index contributed by atoms with van der Waals surface area (Å²) in [5.74, 6) is 0.295. The molecule has 2 aromatic carbocycles. The Labute approximate surface area is 188 Å². The van der Waals surface area contributed by atoms with E-state index in [9.17, 15) is 13.2 Å². The average Bonchev–Trinajstić information content (AvgIpc) is 3.11. The maximum atomic E-state index is 13.5. The van der Waals surface area contributed by atoms with Gasteiger partial charge in [0.2, 0.25) is 5.91 Å². The first-order chi connectivity index (χ1) is 15.3. The van der Waals surface area contributed by atoms with E-state index in [1.807, 2.05) is 32.0 Å². The van der Waals surface area contributed by atoms with Gasteiger partial charge in [0.15, 0.2) is 10.7 Å². The number of hydrogen-bond donors (Lipinski definition) is 1. The van der Waals surface area contributed by atoms with Crippen LogP contribution in [0.5, 0.6) is 5.75 Å². The van der Waals surface area contributed by atoms with Gasteiger partial charge in [0, 0.05) is 5.69 Å². The van der Waals surface area contributed by atoms with Crippen molar-refractivity contribution in [2.75, 3.05) is 22.8 Å². The first-order valence-electron chi connectivity index (χ1n) is 10.3. The largest absolute Gasteiger partial charge is 0.494 e. The molecule has 9 heteroatoms. The van der Waals surface area contributed by atoms with Gasteiger partial charge in [-0.3, -0.25) is 9.10 Å². The SMILES string of the molecule is CCOc1ccc(N(CC(=O)Nc2cccc(CC)c2)S(=O)(=O)c2c(C)noc2C)cc1. The molecule has 0 aliphatic rings. The summed E-state index contributed by atoms with van der Waals surface area (Å²) in [7, 11) is -4.12. The zero-order chi connectivity index (χ0) is 23.3. The second-order valence-electron chi connectivity index (χ2n) is 7.19. The first-order valence-corrected chi connectivity index (χ1v) is 11.8. The van der Waals surface area contributed by atoms with E-state index in [4.69, 9.17) is 9.26 Å². The van der Waals surface area contributed by atoms with Gasteiger partial charge in [-0.15, -0.1) is 0 Å². The van der Waals surface area contributed by atoms with E-state index >= 15 is 0 Å². The number of ether oxygens (including phenoxy) is 1. The Balaban J connectivity index is 1.95. The highest BCUT2D eigenvalue weighted by Crippen LogP contribution is 2.29. The number of aryl methyl sites for hydroxylation is 3. The maximum absolute atomic E-state index is 13.5. The van der Waals surface area contributed by atoms with Gasteiger partial charge < -0.3 is 14.6 Å². The first kappa shape index (κ1) is 23.3. The lowest BCUT2D eigenvalue weighted by Gasteiger charge is -2.24. The fourth-order valence-corrected chi connectivity index (χ4v) is 5.06. The van der Waals surface area contributed by atoms with Gasteiger partial charge in [-0.25, -0.2) is 8.42 Å². The van der Waals surface area contributed by atoms with Crippen LogP contribution in [0.2, 0.25) is 0 Å². The number of benzene rings is 2. The lowest BCUT2D eigenvalue weighted by Crippen LogP contribution is -2.38. The van der Waals surface area contributed by atoms with E-state index < -0.39 is 22.5 Å². The fraction of sp³-hybridized carbons (Fsp3) is 0.304. The molecular weight excluding hydrogens is 430 g/mol. The molecule has 0 saturated carbocycles. The second kappa shape index (κ2) is 9.86. The summed E-state index contributed by atoms with van der Waals surface area (Å²) < 4.78 is 38.7. The van der Waals surface area contributed by atoms with Gasteiger partial charge in [-0.05, 0) is 69.2 Å². The molecule has 0 atom stereocenters. The molecule has 1 aromatic heterocycles. The minimum atomic E-state index is -4.12. The Bertz CT molecular complexity index is 1170. The lowest BCUT2D eigenvalue weighted by molar-refractivity contribution is -0.114. The number of amides is 1. The van der Waals surface area contributed by atoms with Crippen LogP contribution in [0, 0.1) is 13.8 Å². The van der Waals surface area contributed by atoms with E-state index in [0.717, 1.165) is 16.3 Å². The summed E-state index contributed by atoms with van der Waals surface area (Å²) in [6.45, 7) is 7.02. The minimum absolute atomic E-state index is 0.0489. The average molecular weight is 458 g/mol. The molecule has 0 radical (unpaired) electrons. The van der Waals surface area contributed by atoms with Crippen molar-refractivity contribution < 1.29 is 22.5 Å². The van der Waals surface area contributed by atoms with Crippen LogP contribution in [-0.2, 0) is 21.2 Å². The van der Waals surface area contributed by atoms with Crippen LogP contribution in [0.3, 0.4) is 0 Å². The lowest BCUT2D eigenvalue weighted by atomic mass is 10.1. The monoisotopic (exact) mass is 457 g/mol. The van der Waals surface area contributed by atoms with Crippen molar-refractivity contribution in [1.82, 2.24) is 5.16 Å². The van der Waals surface area contributed by atoms with Crippen LogP contribution >= 0.6 is 0 Å². The second-order valence-corrected chi connectivity index (χ2v) is 8.99. The molecule has 0 aliphatic heterocycles. The molecule has 1 heterocycles. The summed E-state index contributed by atoms with van der Waals surface area (Å²) in [5, 5.41) is 6.55. The van der Waals surface area contributed by atoms with E-state index in [-0.39, 0.29) is 16.3 Å². The molecule has 0 bridgehead atoms. The molecule has 32 heavy (non-hydrogen) atoms. The number of carbonyl (C=O) groups is 1. The molecule has 8 nitrogen and oxygen atoms in total. The Morgan fingerprint density at radius 2 is 1.84 bits per heavy atom. The quantitative estimate of drug-likeness (QED) is 0.519. The molecule has 1 N–H and O–H groups in total. The zero-order valence-corrected chi connectivity index (χ0v) is 19.4. The Kier molecular flexibility index (Phi) is 7.19. The van der Waals surface area contributed by atoms with Crippen molar-refractivity contribution in [3.8, 4) is 5.75 Å². The van der Waals surface area contributed by atoms with Crippen molar-refractivity contribution >= 4 is 27.3 Å². The topological polar surface area (TPSA) is 102 Å². The number of hydrogen-bond acceptors (Lipinski definition) is 6. The molecule has 3 rings (SSSR count). The summed E-state index contributed by atoms with van der Waals surface area (Å²) in [6, 6.07) is 14.0. The van der Waals surface area contributed by atoms with Crippen molar-refractivity contribution in [2.24, 2.45) is 0 Å². The molecular formula is C23H27N3O5S. The molecule has 3 aromatic rings.